The Morgan fingerprint density at radius 1 is 1.15 bits per heavy atom. The average Bonchev–Trinajstić information content (AvgIpc) is 3.01. The number of nitrogens with one attached hydrogen (secondary N) is 1. The molecule has 2 aliphatic rings. The van der Waals surface area contributed by atoms with E-state index in [0.29, 0.717) is 0 Å². The molecule has 1 aromatic carbocycles. The highest BCUT2D eigenvalue weighted by Gasteiger charge is 2.42. The maximum Gasteiger partial charge on any atom is 0.266 e. The fourth-order valence-electron chi connectivity index (χ4n) is 2.85. The number of carbonyl (C=O) groups excluding carboxylic acids is 2. The predicted octanol–water partition coefficient (Wildman–Crippen LogP) is -0.249. The normalized spacial score (nSPS) is 27.5. The highest BCUT2D eigenvalue weighted by Crippen LogP contribution is 2.28. The fraction of sp³-hybridized carbons (Fsp3) is 0.300. The number of aliphatic hydroxyl groups excluding tert-OH is 2. The van der Waals surface area contributed by atoms with Crippen LogP contribution in [0, 0.1) is 29.6 Å². The van der Waals surface area contributed by atoms with E-state index >= 15 is 0 Å². The van der Waals surface area contributed by atoms with Crippen molar-refractivity contribution in [3.63, 3.8) is 0 Å². The average molecular weight is 351 g/mol. The van der Waals surface area contributed by atoms with Crippen LogP contribution in [0.1, 0.15) is 12.0 Å². The maximum absolute atomic E-state index is 12.1. The Morgan fingerprint density at radius 2 is 1.88 bits per heavy atom. The van der Waals surface area contributed by atoms with Gasteiger partial charge in [-0.05, 0) is 36.0 Å². The molecule has 3 rings (SSSR count). The van der Waals surface area contributed by atoms with Crippen LogP contribution in [0.2, 0.25) is 0 Å². The van der Waals surface area contributed by atoms with Crippen LogP contribution in [0.3, 0.4) is 0 Å². The van der Waals surface area contributed by atoms with Crippen LogP contribution >= 0.6 is 0 Å². The molecular weight excluding hydrogens is 334 g/mol. The minimum atomic E-state index is -0.852. The van der Waals surface area contributed by atoms with Crippen molar-refractivity contribution in [2.24, 2.45) is 5.92 Å². The van der Waals surface area contributed by atoms with Crippen molar-refractivity contribution in [3.05, 3.63) is 47.5 Å². The van der Waals surface area contributed by atoms with Crippen LogP contribution in [0.4, 0.5) is 0 Å². The molecule has 6 nitrogen and oxygen atoms in total. The lowest BCUT2D eigenvalue weighted by atomic mass is 9.92. The Kier molecular flexibility index (Phi) is 5.50. The molecule has 0 radical (unpaired) electrons. The Hall–Kier alpha value is -2.90. The third kappa shape index (κ3) is 4.01. The Morgan fingerprint density at radius 3 is 2.58 bits per heavy atom. The first-order valence-electron chi connectivity index (χ1n) is 8.17. The summed E-state index contributed by atoms with van der Waals surface area (Å²) in [5.74, 6) is 8.94. The zero-order valence-electron chi connectivity index (χ0n) is 13.8. The van der Waals surface area contributed by atoms with Gasteiger partial charge >= 0.3 is 0 Å². The lowest BCUT2D eigenvalue weighted by Gasteiger charge is -2.23. The largest absolute Gasteiger partial charge is 0.394 e. The van der Waals surface area contributed by atoms with Gasteiger partial charge in [-0.1, -0.05) is 24.1 Å². The van der Waals surface area contributed by atoms with E-state index in [9.17, 15) is 14.7 Å². The highest BCUT2D eigenvalue weighted by molar-refractivity contribution is 6.11. The molecule has 2 amide bonds. The molecule has 0 aromatic heterocycles. The third-order valence-electron chi connectivity index (χ3n) is 4.20. The molecule has 1 saturated heterocycles. The summed E-state index contributed by atoms with van der Waals surface area (Å²) in [5.41, 5.74) is 0.933. The molecule has 4 atom stereocenters. The van der Waals surface area contributed by atoms with Crippen molar-refractivity contribution in [3.8, 4) is 23.7 Å². The lowest BCUT2D eigenvalue weighted by molar-refractivity contribution is -0.134. The molecule has 4 unspecified atom stereocenters. The number of imide groups is 1. The summed E-state index contributed by atoms with van der Waals surface area (Å²) >= 11 is 0. The van der Waals surface area contributed by atoms with Crippen LogP contribution in [0.15, 0.2) is 42.0 Å². The van der Waals surface area contributed by atoms with Crippen LogP contribution in [0.25, 0.3) is 0 Å². The Balaban J connectivity index is 1.77. The summed E-state index contributed by atoms with van der Waals surface area (Å²) in [7, 11) is 0. The monoisotopic (exact) mass is 351 g/mol. The van der Waals surface area contributed by atoms with E-state index in [4.69, 9.17) is 9.84 Å². The molecule has 1 aromatic rings. The minimum Gasteiger partial charge on any atom is -0.394 e. The standard InChI is InChI=1S/C20H17NO5/c22-12-18-16(23)11-17(26-18)15-10-14(19(24)21-20(15)25)9-5-4-8-13-6-2-1-3-7-13/h1-3,6-7,10,15-18,22-23H,11-12H2,(H,21,24,25). The zero-order chi connectivity index (χ0) is 18.5. The van der Waals surface area contributed by atoms with Gasteiger partial charge < -0.3 is 14.9 Å². The minimum absolute atomic E-state index is 0.127. The Labute approximate surface area is 150 Å². The summed E-state index contributed by atoms with van der Waals surface area (Å²) in [6.45, 7) is -0.337. The second-order valence-electron chi connectivity index (χ2n) is 5.99. The van der Waals surface area contributed by atoms with Gasteiger partial charge in [-0.25, -0.2) is 0 Å². The number of amides is 2. The number of rotatable bonds is 2. The van der Waals surface area contributed by atoms with Crippen molar-refractivity contribution in [2.75, 3.05) is 6.61 Å². The molecule has 3 N–H and O–H groups in total. The molecule has 2 heterocycles. The van der Waals surface area contributed by atoms with Crippen molar-refractivity contribution in [1.82, 2.24) is 5.32 Å². The van der Waals surface area contributed by atoms with Gasteiger partial charge in [-0.15, -0.1) is 0 Å². The molecule has 26 heavy (non-hydrogen) atoms. The second kappa shape index (κ2) is 7.99. The molecule has 0 aliphatic carbocycles. The van der Waals surface area contributed by atoms with E-state index in [1.165, 1.54) is 6.08 Å². The van der Waals surface area contributed by atoms with E-state index in [-0.39, 0.29) is 18.6 Å². The highest BCUT2D eigenvalue weighted by atomic mass is 16.5. The van der Waals surface area contributed by atoms with E-state index in [1.54, 1.807) is 0 Å². The smallest absolute Gasteiger partial charge is 0.266 e. The van der Waals surface area contributed by atoms with E-state index in [1.807, 2.05) is 30.3 Å². The van der Waals surface area contributed by atoms with Gasteiger partial charge in [-0.3, -0.25) is 14.9 Å². The molecule has 1 fully saturated rings. The van der Waals surface area contributed by atoms with Crippen LogP contribution in [0.5, 0.6) is 0 Å². The summed E-state index contributed by atoms with van der Waals surface area (Å²) in [5, 5.41) is 21.2. The van der Waals surface area contributed by atoms with Crippen molar-refractivity contribution >= 4 is 11.8 Å². The number of ether oxygens (including phenoxy) is 1. The first kappa shape index (κ1) is 17.9. The molecule has 0 bridgehead atoms. The number of hydrogen-bond donors (Lipinski definition) is 3. The second-order valence-corrected chi connectivity index (χ2v) is 5.99. The predicted molar refractivity (Wildman–Crippen MR) is 92.2 cm³/mol. The zero-order valence-corrected chi connectivity index (χ0v) is 13.8. The van der Waals surface area contributed by atoms with E-state index in [0.717, 1.165) is 5.56 Å². The number of benzene rings is 1. The quantitative estimate of drug-likeness (QED) is 0.505. The number of hydrogen-bond acceptors (Lipinski definition) is 5. The molecule has 132 valence electrons. The van der Waals surface area contributed by atoms with Crippen LogP contribution in [-0.2, 0) is 14.3 Å². The summed E-state index contributed by atoms with van der Waals surface area (Å²) in [4.78, 5) is 24.0. The Bertz CT molecular complexity index is 853. The van der Waals surface area contributed by atoms with E-state index < -0.39 is 36.0 Å². The van der Waals surface area contributed by atoms with Crippen molar-refractivity contribution in [2.45, 2.75) is 24.7 Å². The number of aliphatic hydroxyl groups is 2. The summed E-state index contributed by atoms with van der Waals surface area (Å²) < 4.78 is 5.51. The number of carbonyl (C=O) groups is 2. The van der Waals surface area contributed by atoms with Gasteiger partial charge in [0, 0.05) is 12.0 Å². The van der Waals surface area contributed by atoms with Crippen molar-refractivity contribution in [1.29, 1.82) is 0 Å². The van der Waals surface area contributed by atoms with E-state index in [2.05, 4.69) is 29.0 Å². The molecule has 0 saturated carbocycles. The van der Waals surface area contributed by atoms with Gasteiger partial charge in [0.25, 0.3) is 5.91 Å². The van der Waals surface area contributed by atoms with Gasteiger partial charge in [-0.2, -0.15) is 0 Å². The molecule has 6 heteroatoms. The van der Waals surface area contributed by atoms with Gasteiger partial charge in [0.05, 0.1) is 30.3 Å². The summed E-state index contributed by atoms with van der Waals surface area (Å²) in [6.07, 6.45) is -0.569. The van der Waals surface area contributed by atoms with Crippen LogP contribution in [-0.4, -0.2) is 46.9 Å². The molecular formula is C20H17NO5. The van der Waals surface area contributed by atoms with Gasteiger partial charge in [0.15, 0.2) is 0 Å². The van der Waals surface area contributed by atoms with Crippen molar-refractivity contribution < 1.29 is 24.5 Å². The first-order valence-corrected chi connectivity index (χ1v) is 8.17. The SMILES string of the molecule is O=C1NC(=O)C(C2CC(O)C(CO)O2)C=C1C#CC#Cc1ccccc1. The topological polar surface area (TPSA) is 95.9 Å². The van der Waals surface area contributed by atoms with Crippen LogP contribution < -0.4 is 5.32 Å². The summed E-state index contributed by atoms with van der Waals surface area (Å²) in [6, 6.07) is 9.29. The first-order chi connectivity index (χ1) is 12.6. The molecule has 2 aliphatic heterocycles. The molecule has 0 spiro atoms. The lowest BCUT2D eigenvalue weighted by Crippen LogP contribution is -2.44. The fourth-order valence-corrected chi connectivity index (χ4v) is 2.85. The maximum atomic E-state index is 12.1. The third-order valence-corrected chi connectivity index (χ3v) is 4.20. The van der Waals surface area contributed by atoms with Gasteiger partial charge in [0.1, 0.15) is 6.10 Å². The van der Waals surface area contributed by atoms with Gasteiger partial charge in [0.2, 0.25) is 5.91 Å².